The zero-order chi connectivity index (χ0) is 38.9. The van der Waals surface area contributed by atoms with Gasteiger partial charge in [-0.05, 0) is 70.9 Å². The van der Waals surface area contributed by atoms with E-state index >= 15 is 0 Å². The van der Waals surface area contributed by atoms with Crippen LogP contribution in [0.3, 0.4) is 0 Å². The van der Waals surface area contributed by atoms with Crippen molar-refractivity contribution in [3.63, 3.8) is 0 Å². The molecule has 2 aromatic carbocycles. The molecule has 0 saturated carbocycles. The molecule has 0 aliphatic rings. The van der Waals surface area contributed by atoms with E-state index in [0.717, 1.165) is 22.9 Å². The van der Waals surface area contributed by atoms with Gasteiger partial charge < -0.3 is 5.32 Å². The summed E-state index contributed by atoms with van der Waals surface area (Å²) in [4.78, 5) is 21.3. The van der Waals surface area contributed by atoms with Crippen LogP contribution in [-0.4, -0.2) is 68.5 Å². The zero-order valence-corrected chi connectivity index (χ0v) is 34.0. The molecule has 0 aliphatic carbocycles. The van der Waals surface area contributed by atoms with Crippen LogP contribution < -0.4 is 19.1 Å². The van der Waals surface area contributed by atoms with Crippen molar-refractivity contribution in [3.05, 3.63) is 73.8 Å². The number of anilines is 3. The molecule has 5 aromatic rings. The Morgan fingerprint density at radius 1 is 0.981 bits per heavy atom. The highest BCUT2D eigenvalue weighted by Gasteiger charge is 2.45. The average Bonchev–Trinajstić information content (AvgIpc) is 3.81. The zero-order valence-electron chi connectivity index (χ0n) is 26.1. The number of nitrogens with zero attached hydrogens (tertiary/aromatic N) is 5. The topological polar surface area (TPSA) is 210 Å². The van der Waals surface area contributed by atoms with E-state index in [2.05, 4.69) is 44.7 Å². The van der Waals surface area contributed by atoms with E-state index in [4.69, 9.17) is 23.2 Å². The van der Waals surface area contributed by atoms with Crippen LogP contribution in [0, 0.1) is 6.92 Å². The summed E-state index contributed by atoms with van der Waals surface area (Å²) >= 11 is 17.4. The average molecular weight is 957 g/mol. The fourth-order valence-electron chi connectivity index (χ4n) is 4.11. The van der Waals surface area contributed by atoms with E-state index in [1.54, 1.807) is 0 Å². The first-order valence-corrected chi connectivity index (χ1v) is 22.4. The van der Waals surface area contributed by atoms with Crippen molar-refractivity contribution >= 4 is 125 Å². The Labute approximate surface area is 330 Å². The normalized spacial score (nSPS) is 12.5. The molecule has 0 bridgehead atoms. The van der Waals surface area contributed by atoms with Crippen LogP contribution in [-0.2, 0) is 41.3 Å². The summed E-state index contributed by atoms with van der Waals surface area (Å²) in [5.74, 6) is -0.854. The molecule has 284 valence electrons. The number of halogens is 6. The highest BCUT2D eigenvalue weighted by molar-refractivity contribution is 9.10. The van der Waals surface area contributed by atoms with E-state index < -0.39 is 61.0 Å². The highest BCUT2D eigenvalue weighted by atomic mass is 79.9. The second kappa shape index (κ2) is 16.0. The number of hydrogen-bond acceptors (Lipinski definition) is 14. The van der Waals surface area contributed by atoms with Gasteiger partial charge in [0.15, 0.2) is 5.82 Å². The summed E-state index contributed by atoms with van der Waals surface area (Å²) in [5.41, 5.74) is -4.70. The number of amides is 1. The van der Waals surface area contributed by atoms with Gasteiger partial charge in [-0.1, -0.05) is 29.3 Å². The quantitative estimate of drug-likeness (QED) is 0.116. The molecule has 53 heavy (non-hydrogen) atoms. The van der Waals surface area contributed by atoms with Crippen molar-refractivity contribution in [1.29, 1.82) is 0 Å². The summed E-state index contributed by atoms with van der Waals surface area (Å²) in [7, 11) is -14.2. The van der Waals surface area contributed by atoms with E-state index in [-0.39, 0.29) is 51.6 Å². The second-order valence-electron chi connectivity index (χ2n) is 10.3. The molecule has 0 atom stereocenters. The monoisotopic (exact) mass is 954 g/mol. The van der Waals surface area contributed by atoms with E-state index in [9.17, 15) is 43.2 Å². The third kappa shape index (κ3) is 9.63. The summed E-state index contributed by atoms with van der Waals surface area (Å²) in [6.45, 7) is -0.138. The van der Waals surface area contributed by atoms with Crippen LogP contribution in [0.4, 0.5) is 29.1 Å². The first-order chi connectivity index (χ1) is 24.7. The van der Waals surface area contributed by atoms with Crippen LogP contribution in [0.2, 0.25) is 9.36 Å². The van der Waals surface area contributed by atoms with Crippen LogP contribution in [0.1, 0.15) is 11.4 Å². The van der Waals surface area contributed by atoms with Gasteiger partial charge in [0.05, 0.1) is 4.90 Å². The van der Waals surface area contributed by atoms with Crippen molar-refractivity contribution in [2.75, 3.05) is 27.4 Å². The Balaban J connectivity index is 1.31. The molecule has 0 spiro atoms. The molecule has 0 saturated heterocycles. The van der Waals surface area contributed by atoms with E-state index in [1.165, 1.54) is 60.2 Å². The third-order valence-electron chi connectivity index (χ3n) is 6.65. The number of aromatic nitrogens is 4. The summed E-state index contributed by atoms with van der Waals surface area (Å²) in [6, 6.07) is 11.4. The Bertz CT molecular complexity index is 2480. The standard InChI is InChI=1S/C26H20BrCl2F3N8O7S6/c1-13-17(28)3-2-4-18(13)52(44,45)40(25-35-19(37-50-25)9-10-33-53(46,47)26(30,31)32)12-20(41)34-15-7-5-14(6-8-15)23-36-24(49-38-23)39-51(42,43)21-11-16(27)22(29)48-21/h2-8,11,33H,9-10,12H2,1H3,(H,34,41)(H,36,38,39). The summed E-state index contributed by atoms with van der Waals surface area (Å²) < 4.78 is 127. The SMILES string of the molecule is Cc1c(Cl)cccc1S(=O)(=O)N(CC(=O)Nc1ccc(-c2nsc(NS(=O)(=O)c3cc(Br)c(Cl)s3)n2)cc1)c1nc(CCNS(=O)(=O)C(F)(F)F)ns1. The largest absolute Gasteiger partial charge is 0.511 e. The first-order valence-electron chi connectivity index (χ1n) is 14.1. The Morgan fingerprint density at radius 3 is 2.32 bits per heavy atom. The molecule has 1 amide bonds. The molecule has 0 radical (unpaired) electrons. The molecular weight excluding hydrogens is 937 g/mol. The minimum Gasteiger partial charge on any atom is -0.325 e. The lowest BCUT2D eigenvalue weighted by Crippen LogP contribution is -2.38. The Morgan fingerprint density at radius 2 is 1.68 bits per heavy atom. The van der Waals surface area contributed by atoms with Gasteiger partial charge in [0.1, 0.15) is 20.9 Å². The van der Waals surface area contributed by atoms with Crippen LogP contribution in [0.15, 0.2) is 62.1 Å². The fourth-order valence-corrected chi connectivity index (χ4v) is 11.5. The predicted octanol–water partition coefficient (Wildman–Crippen LogP) is 6.11. The molecule has 5 rings (SSSR count). The molecule has 3 N–H and O–H groups in total. The minimum absolute atomic E-state index is 0.0169. The van der Waals surface area contributed by atoms with Crippen LogP contribution in [0.25, 0.3) is 11.4 Å². The van der Waals surface area contributed by atoms with Crippen molar-refractivity contribution < 1.29 is 43.2 Å². The van der Waals surface area contributed by atoms with Gasteiger partial charge in [-0.25, -0.2) is 39.3 Å². The number of sulfonamides is 3. The van der Waals surface area contributed by atoms with Gasteiger partial charge in [0, 0.05) is 56.8 Å². The summed E-state index contributed by atoms with van der Waals surface area (Å²) in [5, 5.41) is 2.33. The third-order valence-corrected chi connectivity index (χ3v) is 16.1. The van der Waals surface area contributed by atoms with Gasteiger partial charge in [0.2, 0.25) is 16.2 Å². The first kappa shape index (κ1) is 41.2. The number of carbonyl (C=O) groups is 1. The number of carbonyl (C=O) groups excluding carboxylic acids is 1. The summed E-state index contributed by atoms with van der Waals surface area (Å²) in [6.07, 6.45) is -0.433. The molecule has 0 aliphatic heterocycles. The van der Waals surface area contributed by atoms with Crippen molar-refractivity contribution in [3.8, 4) is 11.4 Å². The Hall–Kier alpha value is -3.01. The van der Waals surface area contributed by atoms with Crippen molar-refractivity contribution in [2.45, 2.75) is 28.0 Å². The number of benzene rings is 2. The molecule has 3 heterocycles. The fraction of sp³-hybridized carbons (Fsp3) is 0.192. The lowest BCUT2D eigenvalue weighted by Gasteiger charge is -2.22. The van der Waals surface area contributed by atoms with Crippen LogP contribution >= 0.6 is 73.5 Å². The molecule has 0 fully saturated rings. The number of rotatable bonds is 14. The molecule has 27 heteroatoms. The molecule has 15 nitrogen and oxygen atoms in total. The molecule has 3 aromatic heterocycles. The number of hydrogen-bond donors (Lipinski definition) is 3. The van der Waals surface area contributed by atoms with E-state index in [1.807, 2.05) is 0 Å². The maximum absolute atomic E-state index is 13.9. The maximum atomic E-state index is 13.9. The number of thiophene rings is 1. The van der Waals surface area contributed by atoms with E-state index in [0.29, 0.717) is 25.9 Å². The van der Waals surface area contributed by atoms with Crippen molar-refractivity contribution in [2.24, 2.45) is 0 Å². The van der Waals surface area contributed by atoms with Gasteiger partial charge in [0.25, 0.3) is 20.0 Å². The number of alkyl halides is 3. The smallest absolute Gasteiger partial charge is 0.325 e. The van der Waals surface area contributed by atoms with Gasteiger partial charge in [-0.15, -0.1) is 11.3 Å². The number of nitrogens with one attached hydrogen (secondary N) is 3. The Kier molecular flexibility index (Phi) is 12.4. The highest BCUT2D eigenvalue weighted by Crippen LogP contribution is 2.36. The molecular formula is C26H20BrCl2F3N8O7S6. The van der Waals surface area contributed by atoms with Crippen molar-refractivity contribution in [1.82, 2.24) is 23.4 Å². The lowest BCUT2D eigenvalue weighted by molar-refractivity contribution is -0.114. The van der Waals surface area contributed by atoms with Gasteiger partial charge in [-0.3, -0.25) is 9.52 Å². The minimum atomic E-state index is -5.64. The second-order valence-corrected chi connectivity index (χ2v) is 20.2. The predicted molar refractivity (Wildman–Crippen MR) is 199 cm³/mol. The van der Waals surface area contributed by atoms with Crippen LogP contribution in [0.5, 0.6) is 0 Å². The molecule has 0 unspecified atom stereocenters. The maximum Gasteiger partial charge on any atom is 0.511 e. The lowest BCUT2D eigenvalue weighted by atomic mass is 10.2. The van der Waals surface area contributed by atoms with Gasteiger partial charge >= 0.3 is 15.5 Å². The van der Waals surface area contributed by atoms with Gasteiger partial charge in [-0.2, -0.15) is 26.9 Å².